The van der Waals surface area contributed by atoms with Gasteiger partial charge in [-0.15, -0.1) is 0 Å². The molecule has 1 unspecified atom stereocenters. The Hall–Kier alpha value is -1.06. The number of hydrogen-bond acceptors (Lipinski definition) is 2. The van der Waals surface area contributed by atoms with E-state index >= 15 is 0 Å². The third-order valence-corrected chi connectivity index (χ3v) is 2.30. The fourth-order valence-electron chi connectivity index (χ4n) is 1.74. The second kappa shape index (κ2) is 8.13. The van der Waals surface area contributed by atoms with Crippen molar-refractivity contribution in [1.29, 1.82) is 0 Å². The molecule has 1 atom stereocenters. The molecule has 4 heteroatoms. The van der Waals surface area contributed by atoms with Crippen molar-refractivity contribution >= 4 is 11.9 Å². The topological polar surface area (TPSA) is 66.4 Å². The molecule has 0 bridgehead atoms. The standard InChI is InChI=1S/C12H23NO3/c1-9(2)7-10(3)8-11(14)13-6-4-5-12(15)16/h9-10H,4-8H2,1-3H3,(H,13,14)(H,15,16). The normalized spacial score (nSPS) is 12.5. The number of carboxylic acids is 1. The Balaban J connectivity index is 3.54. The Bertz CT molecular complexity index is 226. The maximum absolute atomic E-state index is 11.4. The highest BCUT2D eigenvalue weighted by Crippen LogP contribution is 2.13. The summed E-state index contributed by atoms with van der Waals surface area (Å²) in [5.41, 5.74) is 0. The van der Waals surface area contributed by atoms with E-state index < -0.39 is 5.97 Å². The molecule has 0 rings (SSSR count). The lowest BCUT2D eigenvalue weighted by atomic mass is 9.96. The van der Waals surface area contributed by atoms with Crippen molar-refractivity contribution in [2.75, 3.05) is 6.54 Å². The number of carboxylic acid groups (broad SMARTS) is 1. The van der Waals surface area contributed by atoms with Gasteiger partial charge < -0.3 is 10.4 Å². The number of aliphatic carboxylic acids is 1. The van der Waals surface area contributed by atoms with Crippen LogP contribution >= 0.6 is 0 Å². The lowest BCUT2D eigenvalue weighted by Gasteiger charge is -2.13. The van der Waals surface area contributed by atoms with Gasteiger partial charge in [-0.25, -0.2) is 0 Å². The highest BCUT2D eigenvalue weighted by Gasteiger charge is 2.10. The minimum Gasteiger partial charge on any atom is -0.481 e. The lowest BCUT2D eigenvalue weighted by Crippen LogP contribution is -2.26. The van der Waals surface area contributed by atoms with Gasteiger partial charge in [0.1, 0.15) is 0 Å². The number of nitrogens with one attached hydrogen (secondary N) is 1. The molecule has 0 saturated heterocycles. The molecular weight excluding hydrogens is 206 g/mol. The summed E-state index contributed by atoms with van der Waals surface area (Å²) in [5, 5.41) is 11.2. The Morgan fingerprint density at radius 3 is 2.38 bits per heavy atom. The maximum Gasteiger partial charge on any atom is 0.303 e. The van der Waals surface area contributed by atoms with Crippen molar-refractivity contribution in [2.24, 2.45) is 11.8 Å². The van der Waals surface area contributed by atoms with Crippen LogP contribution in [0.2, 0.25) is 0 Å². The molecule has 1 amide bonds. The number of hydrogen-bond donors (Lipinski definition) is 2. The van der Waals surface area contributed by atoms with Crippen LogP contribution in [0.25, 0.3) is 0 Å². The fourth-order valence-corrected chi connectivity index (χ4v) is 1.74. The van der Waals surface area contributed by atoms with Crippen LogP contribution < -0.4 is 5.32 Å². The molecule has 0 radical (unpaired) electrons. The summed E-state index contributed by atoms with van der Waals surface area (Å²) in [6, 6.07) is 0. The van der Waals surface area contributed by atoms with Crippen LogP contribution in [0.1, 0.15) is 46.5 Å². The molecule has 0 aromatic carbocycles. The second-order valence-corrected chi connectivity index (χ2v) is 4.79. The van der Waals surface area contributed by atoms with E-state index in [9.17, 15) is 9.59 Å². The van der Waals surface area contributed by atoms with Crippen molar-refractivity contribution < 1.29 is 14.7 Å². The average Bonchev–Trinajstić information content (AvgIpc) is 2.10. The molecule has 16 heavy (non-hydrogen) atoms. The molecule has 0 saturated carbocycles. The lowest BCUT2D eigenvalue weighted by molar-refractivity contribution is -0.137. The van der Waals surface area contributed by atoms with Gasteiger partial charge in [0.25, 0.3) is 0 Å². The second-order valence-electron chi connectivity index (χ2n) is 4.79. The molecule has 0 aliphatic carbocycles. The van der Waals surface area contributed by atoms with E-state index in [0.717, 1.165) is 6.42 Å². The average molecular weight is 229 g/mol. The molecule has 0 aliphatic heterocycles. The first-order chi connectivity index (χ1) is 7.41. The summed E-state index contributed by atoms with van der Waals surface area (Å²) in [5.74, 6) is 0.204. The van der Waals surface area contributed by atoms with E-state index in [0.29, 0.717) is 31.2 Å². The summed E-state index contributed by atoms with van der Waals surface area (Å²) in [6.07, 6.45) is 2.19. The third kappa shape index (κ3) is 9.49. The molecule has 4 nitrogen and oxygen atoms in total. The van der Waals surface area contributed by atoms with Gasteiger partial charge in [0.05, 0.1) is 0 Å². The highest BCUT2D eigenvalue weighted by atomic mass is 16.4. The first-order valence-corrected chi connectivity index (χ1v) is 5.90. The number of carbonyl (C=O) groups excluding carboxylic acids is 1. The predicted molar refractivity (Wildman–Crippen MR) is 63.1 cm³/mol. The Morgan fingerprint density at radius 2 is 1.88 bits per heavy atom. The van der Waals surface area contributed by atoms with Crippen molar-refractivity contribution in [3.63, 3.8) is 0 Å². The van der Waals surface area contributed by atoms with Gasteiger partial charge >= 0.3 is 5.97 Å². The molecule has 0 heterocycles. The smallest absolute Gasteiger partial charge is 0.303 e. The number of rotatable bonds is 8. The molecule has 94 valence electrons. The van der Waals surface area contributed by atoms with Gasteiger partial charge in [-0.3, -0.25) is 9.59 Å². The SMILES string of the molecule is CC(C)CC(C)CC(=O)NCCCC(=O)O. The minimum absolute atomic E-state index is 0.0264. The van der Waals surface area contributed by atoms with Gasteiger partial charge in [0, 0.05) is 19.4 Å². The highest BCUT2D eigenvalue weighted by molar-refractivity contribution is 5.76. The largest absolute Gasteiger partial charge is 0.481 e. The molecule has 0 spiro atoms. The zero-order valence-corrected chi connectivity index (χ0v) is 10.5. The molecule has 2 N–H and O–H groups in total. The number of amides is 1. The molecule has 0 fully saturated rings. The van der Waals surface area contributed by atoms with Crippen molar-refractivity contribution in [2.45, 2.75) is 46.5 Å². The first-order valence-electron chi connectivity index (χ1n) is 5.90. The molecule has 0 aromatic heterocycles. The predicted octanol–water partition coefficient (Wildman–Crippen LogP) is 2.04. The van der Waals surface area contributed by atoms with E-state index in [1.54, 1.807) is 0 Å². The summed E-state index contributed by atoms with van der Waals surface area (Å²) in [4.78, 5) is 21.7. The van der Waals surface area contributed by atoms with Crippen molar-refractivity contribution in [1.82, 2.24) is 5.32 Å². The van der Waals surface area contributed by atoms with Crippen LogP contribution in [-0.4, -0.2) is 23.5 Å². The van der Waals surface area contributed by atoms with Gasteiger partial charge in [-0.1, -0.05) is 20.8 Å². The summed E-state index contributed by atoms with van der Waals surface area (Å²) >= 11 is 0. The first kappa shape index (κ1) is 14.9. The van der Waals surface area contributed by atoms with Crippen LogP contribution in [0.5, 0.6) is 0 Å². The molecule has 0 aliphatic rings. The zero-order valence-electron chi connectivity index (χ0n) is 10.5. The minimum atomic E-state index is -0.817. The Labute approximate surface area is 97.4 Å². The van der Waals surface area contributed by atoms with Crippen LogP contribution in [0.15, 0.2) is 0 Å². The van der Waals surface area contributed by atoms with Crippen LogP contribution in [0.4, 0.5) is 0 Å². The van der Waals surface area contributed by atoms with Crippen molar-refractivity contribution in [3.8, 4) is 0 Å². The van der Waals surface area contributed by atoms with E-state index in [2.05, 4.69) is 26.1 Å². The van der Waals surface area contributed by atoms with Crippen LogP contribution in [0, 0.1) is 11.8 Å². The van der Waals surface area contributed by atoms with Gasteiger partial charge in [-0.2, -0.15) is 0 Å². The molecule has 0 aromatic rings. The van der Waals surface area contributed by atoms with Gasteiger partial charge in [0.2, 0.25) is 5.91 Å². The Morgan fingerprint density at radius 1 is 1.25 bits per heavy atom. The molecular formula is C12H23NO3. The summed E-state index contributed by atoms with van der Waals surface area (Å²) in [7, 11) is 0. The van der Waals surface area contributed by atoms with E-state index in [4.69, 9.17) is 5.11 Å². The zero-order chi connectivity index (χ0) is 12.6. The van der Waals surface area contributed by atoms with E-state index in [1.807, 2.05) is 0 Å². The van der Waals surface area contributed by atoms with Crippen molar-refractivity contribution in [3.05, 3.63) is 0 Å². The third-order valence-electron chi connectivity index (χ3n) is 2.30. The van der Waals surface area contributed by atoms with E-state index in [-0.39, 0.29) is 12.3 Å². The summed E-state index contributed by atoms with van der Waals surface area (Å²) in [6.45, 7) is 6.80. The maximum atomic E-state index is 11.4. The van der Waals surface area contributed by atoms with Crippen LogP contribution in [-0.2, 0) is 9.59 Å². The number of carbonyl (C=O) groups is 2. The Kier molecular flexibility index (Phi) is 7.60. The van der Waals surface area contributed by atoms with Crippen LogP contribution in [0.3, 0.4) is 0 Å². The van der Waals surface area contributed by atoms with Gasteiger partial charge in [0.15, 0.2) is 0 Å². The monoisotopic (exact) mass is 229 g/mol. The van der Waals surface area contributed by atoms with E-state index in [1.165, 1.54) is 0 Å². The summed E-state index contributed by atoms with van der Waals surface area (Å²) < 4.78 is 0. The quantitative estimate of drug-likeness (QED) is 0.626. The van der Waals surface area contributed by atoms with Gasteiger partial charge in [-0.05, 0) is 24.7 Å². The fraction of sp³-hybridized carbons (Fsp3) is 0.833.